The molecule has 0 saturated carbocycles. The molecule has 1 aromatic carbocycles. The maximum Gasteiger partial charge on any atom is 0.0509 e. The smallest absolute Gasteiger partial charge is 0.0509 e. The Kier molecular flexibility index (Phi) is 6.05. The lowest BCUT2D eigenvalue weighted by Gasteiger charge is -2.30. The van der Waals surface area contributed by atoms with Gasteiger partial charge < -0.3 is 10.1 Å². The lowest BCUT2D eigenvalue weighted by Crippen LogP contribution is -2.41. The van der Waals surface area contributed by atoms with Crippen LogP contribution < -0.4 is 5.32 Å². The summed E-state index contributed by atoms with van der Waals surface area (Å²) in [6, 6.07) is 11.2. The van der Waals surface area contributed by atoms with Crippen molar-refractivity contribution in [1.29, 1.82) is 0 Å². The summed E-state index contributed by atoms with van der Waals surface area (Å²) in [5.41, 5.74) is 0. The van der Waals surface area contributed by atoms with Gasteiger partial charge in [-0.3, -0.25) is 0 Å². The molecule has 0 amide bonds. The Balaban J connectivity index is 1.85. The normalized spacial score (nSPS) is 21.7. The minimum atomic E-state index is 0.570. The van der Waals surface area contributed by atoms with Crippen molar-refractivity contribution >= 4 is 11.8 Å². The van der Waals surface area contributed by atoms with Crippen LogP contribution in [-0.2, 0) is 4.74 Å². The predicted molar refractivity (Wildman–Crippen MR) is 78.2 cm³/mol. The number of ether oxygens (including phenoxy) is 1. The summed E-state index contributed by atoms with van der Waals surface area (Å²) in [4.78, 5) is 1.36. The van der Waals surface area contributed by atoms with Gasteiger partial charge in [-0.1, -0.05) is 25.1 Å². The van der Waals surface area contributed by atoms with Crippen LogP contribution in [0.15, 0.2) is 35.2 Å². The van der Waals surface area contributed by atoms with Crippen molar-refractivity contribution in [3.63, 3.8) is 0 Å². The zero-order valence-electron chi connectivity index (χ0n) is 11.1. The number of hydrogen-bond acceptors (Lipinski definition) is 3. The van der Waals surface area contributed by atoms with Crippen molar-refractivity contribution in [1.82, 2.24) is 5.32 Å². The van der Waals surface area contributed by atoms with E-state index < -0.39 is 0 Å². The molecule has 3 heteroatoms. The lowest BCUT2D eigenvalue weighted by atomic mass is 9.95. The van der Waals surface area contributed by atoms with Crippen molar-refractivity contribution in [2.75, 3.05) is 25.5 Å². The highest BCUT2D eigenvalue weighted by Crippen LogP contribution is 2.24. The monoisotopic (exact) mass is 265 g/mol. The summed E-state index contributed by atoms with van der Waals surface area (Å²) in [5.74, 6) is 1.81. The quantitative estimate of drug-likeness (QED) is 0.798. The van der Waals surface area contributed by atoms with Crippen molar-refractivity contribution in [2.24, 2.45) is 5.92 Å². The number of hydrogen-bond donors (Lipinski definition) is 1. The molecular formula is C15H23NOS. The molecule has 2 atom stereocenters. The predicted octanol–water partition coefficient (Wildman–Crippen LogP) is 3.18. The average Bonchev–Trinajstić information content (AvgIpc) is 2.45. The number of thioether (sulfide) groups is 1. The van der Waals surface area contributed by atoms with Crippen LogP contribution in [0.25, 0.3) is 0 Å². The van der Waals surface area contributed by atoms with Gasteiger partial charge in [0.25, 0.3) is 0 Å². The molecule has 2 nitrogen and oxygen atoms in total. The van der Waals surface area contributed by atoms with Crippen molar-refractivity contribution < 1.29 is 4.74 Å². The Morgan fingerprint density at radius 1 is 1.39 bits per heavy atom. The summed E-state index contributed by atoms with van der Waals surface area (Å²) in [7, 11) is 0. The first kappa shape index (κ1) is 13.9. The van der Waals surface area contributed by atoms with E-state index in [1.54, 1.807) is 0 Å². The van der Waals surface area contributed by atoms with Crippen molar-refractivity contribution in [3.05, 3.63) is 30.3 Å². The first-order valence-electron chi connectivity index (χ1n) is 6.89. The maximum absolute atomic E-state index is 5.61. The van der Waals surface area contributed by atoms with Gasteiger partial charge >= 0.3 is 0 Å². The molecule has 1 aliphatic rings. The molecular weight excluding hydrogens is 242 g/mol. The summed E-state index contributed by atoms with van der Waals surface area (Å²) < 4.78 is 5.61. The highest BCUT2D eigenvalue weighted by Gasteiger charge is 2.23. The molecule has 2 unspecified atom stereocenters. The first-order valence-corrected chi connectivity index (χ1v) is 7.87. The van der Waals surface area contributed by atoms with Gasteiger partial charge in [-0.2, -0.15) is 0 Å². The minimum Gasteiger partial charge on any atom is -0.381 e. The van der Waals surface area contributed by atoms with E-state index in [4.69, 9.17) is 4.74 Å². The molecule has 1 saturated heterocycles. The molecule has 100 valence electrons. The molecule has 0 aliphatic carbocycles. The molecule has 1 N–H and O–H groups in total. The fourth-order valence-corrected chi connectivity index (χ4v) is 3.52. The van der Waals surface area contributed by atoms with E-state index in [0.717, 1.165) is 25.5 Å². The van der Waals surface area contributed by atoms with E-state index in [9.17, 15) is 0 Å². The van der Waals surface area contributed by atoms with Crippen LogP contribution in [0.1, 0.15) is 19.8 Å². The highest BCUT2D eigenvalue weighted by molar-refractivity contribution is 7.99. The second-order valence-electron chi connectivity index (χ2n) is 4.77. The van der Waals surface area contributed by atoms with Crippen LogP contribution in [0.4, 0.5) is 0 Å². The van der Waals surface area contributed by atoms with E-state index in [1.807, 2.05) is 11.8 Å². The zero-order valence-corrected chi connectivity index (χ0v) is 11.9. The summed E-state index contributed by atoms with van der Waals surface area (Å²) in [5, 5.41) is 3.62. The van der Waals surface area contributed by atoms with E-state index >= 15 is 0 Å². The molecule has 1 heterocycles. The van der Waals surface area contributed by atoms with Gasteiger partial charge in [0.05, 0.1) is 6.61 Å². The number of rotatable bonds is 6. The van der Waals surface area contributed by atoms with E-state index in [0.29, 0.717) is 12.0 Å². The minimum absolute atomic E-state index is 0.570. The van der Waals surface area contributed by atoms with Gasteiger partial charge in [-0.05, 0) is 37.4 Å². The van der Waals surface area contributed by atoms with Crippen LogP contribution in [0.3, 0.4) is 0 Å². The third kappa shape index (κ3) is 4.30. The van der Waals surface area contributed by atoms with Gasteiger partial charge in [-0.25, -0.2) is 0 Å². The fraction of sp³-hybridized carbons (Fsp3) is 0.600. The van der Waals surface area contributed by atoms with Gasteiger partial charge in [0.15, 0.2) is 0 Å². The van der Waals surface area contributed by atoms with Crippen LogP contribution in [-0.4, -0.2) is 31.6 Å². The van der Waals surface area contributed by atoms with E-state index in [-0.39, 0.29) is 0 Å². The van der Waals surface area contributed by atoms with E-state index in [2.05, 4.69) is 42.6 Å². The highest BCUT2D eigenvalue weighted by atomic mass is 32.2. The summed E-state index contributed by atoms with van der Waals surface area (Å²) in [6.07, 6.45) is 2.51. The first-order chi connectivity index (χ1) is 8.90. The number of benzene rings is 1. The SMILES string of the molecule is CCNC(CSc1ccccc1)C1CCCOC1. The number of nitrogens with one attached hydrogen (secondary N) is 1. The van der Waals surface area contributed by atoms with Crippen molar-refractivity contribution in [2.45, 2.75) is 30.7 Å². The summed E-state index contributed by atoms with van der Waals surface area (Å²) >= 11 is 1.94. The lowest BCUT2D eigenvalue weighted by molar-refractivity contribution is 0.0429. The van der Waals surface area contributed by atoms with Gasteiger partial charge in [0.2, 0.25) is 0 Å². The Bertz CT molecular complexity index is 325. The second kappa shape index (κ2) is 7.82. The van der Waals surface area contributed by atoms with Crippen LogP contribution >= 0.6 is 11.8 Å². The Hall–Kier alpha value is -0.510. The molecule has 1 aromatic rings. The largest absolute Gasteiger partial charge is 0.381 e. The Morgan fingerprint density at radius 2 is 2.22 bits per heavy atom. The zero-order chi connectivity index (χ0) is 12.6. The van der Waals surface area contributed by atoms with E-state index in [1.165, 1.54) is 17.7 Å². The maximum atomic E-state index is 5.61. The topological polar surface area (TPSA) is 21.3 Å². The Morgan fingerprint density at radius 3 is 2.89 bits per heavy atom. The summed E-state index contributed by atoms with van der Waals surface area (Å²) in [6.45, 7) is 5.09. The molecule has 0 bridgehead atoms. The van der Waals surface area contributed by atoms with Crippen molar-refractivity contribution in [3.8, 4) is 0 Å². The van der Waals surface area contributed by atoms with Crippen LogP contribution in [0.2, 0.25) is 0 Å². The third-order valence-electron chi connectivity index (χ3n) is 3.40. The molecule has 0 aromatic heterocycles. The molecule has 2 rings (SSSR count). The molecule has 1 aliphatic heterocycles. The third-order valence-corrected chi connectivity index (χ3v) is 4.53. The van der Waals surface area contributed by atoms with Crippen LogP contribution in [0.5, 0.6) is 0 Å². The molecule has 1 fully saturated rings. The van der Waals surface area contributed by atoms with Gasteiger partial charge in [0, 0.05) is 23.3 Å². The van der Waals surface area contributed by atoms with Gasteiger partial charge in [0.1, 0.15) is 0 Å². The van der Waals surface area contributed by atoms with Crippen LogP contribution in [0, 0.1) is 5.92 Å². The average molecular weight is 265 g/mol. The standard InChI is InChI=1S/C15H23NOS/c1-2-16-15(13-7-6-10-17-11-13)12-18-14-8-4-3-5-9-14/h3-5,8-9,13,15-16H,2,6-7,10-12H2,1H3. The Labute approximate surface area is 114 Å². The molecule has 18 heavy (non-hydrogen) atoms. The molecule has 0 radical (unpaired) electrons. The van der Waals surface area contributed by atoms with Gasteiger partial charge in [-0.15, -0.1) is 11.8 Å². The molecule has 0 spiro atoms. The fourth-order valence-electron chi connectivity index (χ4n) is 2.41. The second-order valence-corrected chi connectivity index (χ2v) is 5.86.